The Labute approximate surface area is 407 Å². The number of aryl methyl sites for hydroxylation is 2. The average molecular weight is 959 g/mol. The maximum Gasteiger partial charge on any atom is 0.258 e. The van der Waals surface area contributed by atoms with E-state index in [0.29, 0.717) is 73.1 Å². The predicted molar refractivity (Wildman–Crippen MR) is 260 cm³/mol. The number of amides is 4. The summed E-state index contributed by atoms with van der Waals surface area (Å²) in [6, 6.07) is 5.33. The third-order valence-corrected chi connectivity index (χ3v) is 15.2. The van der Waals surface area contributed by atoms with Crippen molar-refractivity contribution >= 4 is 35.8 Å². The molecule has 6 aliphatic rings. The Balaban J connectivity index is 0.000000174. The van der Waals surface area contributed by atoms with Gasteiger partial charge < -0.3 is 48.9 Å². The van der Waals surface area contributed by atoms with E-state index in [2.05, 4.69) is 20.6 Å². The fourth-order valence-electron chi connectivity index (χ4n) is 11.5. The summed E-state index contributed by atoms with van der Waals surface area (Å²) in [5.41, 5.74) is 4.00. The molecule has 4 fully saturated rings. The van der Waals surface area contributed by atoms with E-state index in [1.165, 1.54) is 0 Å². The molecule has 18 nitrogen and oxygen atoms in total. The van der Waals surface area contributed by atoms with Crippen LogP contribution in [0.2, 0.25) is 0 Å². The predicted octanol–water partition coefficient (Wildman–Crippen LogP) is 2.53. The molecule has 10 rings (SSSR count). The minimum absolute atomic E-state index is 0.0148. The molecule has 4 bridgehead atoms. The molecule has 2 aliphatic carbocycles. The van der Waals surface area contributed by atoms with Crippen LogP contribution < -0.4 is 21.8 Å². The highest BCUT2D eigenvalue weighted by Crippen LogP contribution is 2.51. The van der Waals surface area contributed by atoms with Crippen LogP contribution in [0.25, 0.3) is 12.2 Å². The van der Waals surface area contributed by atoms with Crippen LogP contribution in [0.3, 0.4) is 0 Å². The van der Waals surface area contributed by atoms with Gasteiger partial charge in [-0.3, -0.25) is 28.8 Å². The SMILES string of the molecule is C/C=C/c1ccc2n(c1=O)C[C@@H]1[C@@H](CO)[C@H](C(=O)NCCc3cn(C)cn3)[C@H]2N1C(=O)CC1CC1.C/C=C\c1ccc2n(c1=O)C[C@@H]1[C@@H](CO)[C@H](C(=O)NCCc3cn(C)cn3)[C@H]2N1C(=O)CC1CC1. The molecule has 4 aliphatic heterocycles. The summed E-state index contributed by atoms with van der Waals surface area (Å²) in [5.74, 6) is -1.70. The molecule has 4 aromatic heterocycles. The Kier molecular flexibility index (Phi) is 14.2. The summed E-state index contributed by atoms with van der Waals surface area (Å²) in [7, 11) is 3.79. The van der Waals surface area contributed by atoms with Gasteiger partial charge in [0.2, 0.25) is 23.6 Å². The van der Waals surface area contributed by atoms with Crippen molar-refractivity contribution in [3.63, 3.8) is 0 Å². The zero-order chi connectivity index (χ0) is 49.4. The first kappa shape index (κ1) is 48.6. The van der Waals surface area contributed by atoms with Gasteiger partial charge in [-0.05, 0) is 75.6 Å². The Morgan fingerprint density at radius 2 is 1.04 bits per heavy atom. The fraction of sp³-hybridized carbons (Fsp3) is 0.538. The number of allylic oxidation sites excluding steroid dienone is 2. The zero-order valence-electron chi connectivity index (χ0n) is 40.5. The average Bonchev–Trinajstić information content (AvgIpc) is 4.22. The quantitative estimate of drug-likeness (QED) is 0.129. The Bertz CT molecular complexity index is 2610. The van der Waals surface area contributed by atoms with Crippen molar-refractivity contribution < 1.29 is 29.4 Å². The number of hydrogen-bond acceptors (Lipinski definition) is 10. The maximum absolute atomic E-state index is 13.5. The van der Waals surface area contributed by atoms with Gasteiger partial charge in [0.15, 0.2) is 0 Å². The number of pyridine rings is 2. The first-order valence-electron chi connectivity index (χ1n) is 24.9. The van der Waals surface area contributed by atoms with Crippen molar-refractivity contribution in [2.75, 3.05) is 26.3 Å². The van der Waals surface area contributed by atoms with E-state index in [1.807, 2.05) is 83.6 Å². The van der Waals surface area contributed by atoms with Crippen LogP contribution in [0, 0.1) is 35.5 Å². The second-order valence-electron chi connectivity index (χ2n) is 20.1. The summed E-state index contributed by atoms with van der Waals surface area (Å²) >= 11 is 0. The molecule has 8 heterocycles. The number of hydrogen-bond donors (Lipinski definition) is 4. The molecule has 0 unspecified atom stereocenters. The monoisotopic (exact) mass is 959 g/mol. The molecular formula is C52H66N10O8. The zero-order valence-corrected chi connectivity index (χ0v) is 40.5. The van der Waals surface area contributed by atoms with Crippen molar-refractivity contribution in [2.24, 2.45) is 49.6 Å². The van der Waals surface area contributed by atoms with Crippen molar-refractivity contribution in [2.45, 2.75) is 102 Å². The van der Waals surface area contributed by atoms with Crippen molar-refractivity contribution in [1.82, 2.24) is 48.7 Å². The Morgan fingerprint density at radius 1 is 0.643 bits per heavy atom. The number of fused-ring (bicyclic) bond motifs is 8. The van der Waals surface area contributed by atoms with E-state index in [-0.39, 0.29) is 61.1 Å². The smallest absolute Gasteiger partial charge is 0.258 e. The highest BCUT2D eigenvalue weighted by Gasteiger charge is 2.59. The molecular weight excluding hydrogens is 893 g/mol. The molecule has 4 amide bonds. The molecule has 18 heteroatoms. The number of rotatable bonds is 16. The number of nitrogens with zero attached hydrogens (tertiary/aromatic N) is 8. The maximum atomic E-state index is 13.5. The van der Waals surface area contributed by atoms with Gasteiger partial charge in [0.25, 0.3) is 11.1 Å². The topological polar surface area (TPSA) is 219 Å². The van der Waals surface area contributed by atoms with Gasteiger partial charge in [-0.1, -0.05) is 24.3 Å². The van der Waals surface area contributed by atoms with Crippen molar-refractivity contribution in [3.8, 4) is 0 Å². The minimum Gasteiger partial charge on any atom is -0.396 e. The van der Waals surface area contributed by atoms with E-state index in [4.69, 9.17) is 0 Å². The molecule has 0 aromatic carbocycles. The van der Waals surface area contributed by atoms with Gasteiger partial charge in [0.1, 0.15) is 0 Å². The summed E-state index contributed by atoms with van der Waals surface area (Å²) in [6.45, 7) is 4.66. The molecule has 372 valence electrons. The lowest BCUT2D eigenvalue weighted by Crippen LogP contribution is -2.49. The first-order valence-corrected chi connectivity index (χ1v) is 24.9. The highest BCUT2D eigenvalue weighted by atomic mass is 16.3. The number of imidazole rings is 2. The van der Waals surface area contributed by atoms with Crippen LogP contribution >= 0.6 is 0 Å². The molecule has 0 spiro atoms. The van der Waals surface area contributed by atoms with Crippen LogP contribution in [0.4, 0.5) is 0 Å². The third kappa shape index (κ3) is 9.59. The normalized spacial score (nSPS) is 25.2. The van der Waals surface area contributed by atoms with E-state index in [0.717, 1.165) is 37.1 Å². The number of aromatic nitrogens is 6. The van der Waals surface area contributed by atoms with E-state index >= 15 is 0 Å². The lowest BCUT2D eigenvalue weighted by Gasteiger charge is -2.38. The van der Waals surface area contributed by atoms with Gasteiger partial charge in [-0.2, -0.15) is 0 Å². The highest BCUT2D eigenvalue weighted by molar-refractivity contribution is 5.85. The van der Waals surface area contributed by atoms with Crippen molar-refractivity contribution in [1.29, 1.82) is 0 Å². The van der Waals surface area contributed by atoms with E-state index < -0.39 is 47.8 Å². The molecule has 4 aromatic rings. The number of nitrogens with one attached hydrogen (secondary N) is 2. The van der Waals surface area contributed by atoms with Gasteiger partial charge in [-0.25, -0.2) is 9.97 Å². The largest absolute Gasteiger partial charge is 0.396 e. The number of carbonyl (C=O) groups is 4. The van der Waals surface area contributed by atoms with E-state index in [9.17, 15) is 39.0 Å². The number of aliphatic hydroxyl groups is 2. The van der Waals surface area contributed by atoms with E-state index in [1.54, 1.807) is 46.1 Å². The van der Waals surface area contributed by atoms with Gasteiger partial charge in [0, 0.05) is 126 Å². The summed E-state index contributed by atoms with van der Waals surface area (Å²) in [4.78, 5) is 92.6. The molecule has 70 heavy (non-hydrogen) atoms. The van der Waals surface area contributed by atoms with Crippen LogP contribution in [0.1, 0.15) is 98.4 Å². The molecule has 2 saturated heterocycles. The summed E-state index contributed by atoms with van der Waals surface area (Å²) < 4.78 is 7.13. The number of carbonyl (C=O) groups excluding carboxylic acids is 4. The summed E-state index contributed by atoms with van der Waals surface area (Å²) in [5, 5.41) is 26.8. The fourth-order valence-corrected chi connectivity index (χ4v) is 11.5. The molecule has 0 radical (unpaired) electrons. The van der Waals surface area contributed by atoms with Gasteiger partial charge in [-0.15, -0.1) is 0 Å². The second kappa shape index (κ2) is 20.5. The second-order valence-corrected chi connectivity index (χ2v) is 20.1. The first-order chi connectivity index (χ1) is 33.8. The third-order valence-electron chi connectivity index (χ3n) is 15.2. The van der Waals surface area contributed by atoms with Crippen molar-refractivity contribution in [3.05, 3.63) is 116 Å². The molecule has 4 N–H and O–H groups in total. The molecule has 2 saturated carbocycles. The van der Waals surface area contributed by atoms with Crippen LogP contribution in [0.5, 0.6) is 0 Å². The standard InChI is InChI=1S/2C26H33N5O4/c2*1-3-4-17-7-8-20-24-23(25(34)27-10-9-18-12-29(2)15-28-18)19(14-32)21(13-30(20)26(17)35)31(24)22(33)11-16-5-6-16/h2*3-4,7-8,12,15-16,19,21,23-24,32H,5-6,9-11,13-14H2,1-2H3,(H,27,34)/b4-3+;4-3-/t2*19-,21-,23+,24+/m11/s1. The Hall–Kier alpha value is -6.40. The van der Waals surface area contributed by atoms with Crippen LogP contribution in [-0.2, 0) is 59.2 Å². The Morgan fingerprint density at radius 3 is 1.37 bits per heavy atom. The van der Waals surface area contributed by atoms with Gasteiger partial charge in [0.05, 0.1) is 60.0 Å². The van der Waals surface area contributed by atoms with Gasteiger partial charge >= 0.3 is 0 Å². The lowest BCUT2D eigenvalue weighted by molar-refractivity contribution is -0.138. The number of aliphatic hydroxyl groups excluding tert-OH is 2. The van der Waals surface area contributed by atoms with Crippen LogP contribution in [-0.4, -0.2) is 110 Å². The van der Waals surface area contributed by atoms with Crippen LogP contribution in [0.15, 0.2) is 71.1 Å². The minimum atomic E-state index is -0.627. The molecule has 8 atom stereocenters. The summed E-state index contributed by atoms with van der Waals surface area (Å²) in [6.07, 6.45) is 20.8. The lowest BCUT2D eigenvalue weighted by atomic mass is 9.86.